The fraction of sp³-hybridized carbons (Fsp3) is 0.105. The van der Waals surface area contributed by atoms with Crippen molar-refractivity contribution in [2.75, 3.05) is 5.32 Å². The molecular formula is C19H13ClFNOS. The van der Waals surface area contributed by atoms with Crippen LogP contribution in [-0.2, 0) is 4.79 Å². The van der Waals surface area contributed by atoms with E-state index in [0.29, 0.717) is 11.4 Å². The number of halogens is 2. The van der Waals surface area contributed by atoms with Crippen LogP contribution in [0.2, 0.25) is 5.02 Å². The third kappa shape index (κ3) is 2.72. The number of anilines is 1. The lowest BCUT2D eigenvalue weighted by molar-refractivity contribution is -0.116. The molecular weight excluding hydrogens is 345 g/mol. The second kappa shape index (κ2) is 6.04. The summed E-state index contributed by atoms with van der Waals surface area (Å²) < 4.78 is 13.2. The van der Waals surface area contributed by atoms with Gasteiger partial charge in [-0.1, -0.05) is 35.9 Å². The predicted molar refractivity (Wildman–Crippen MR) is 96.3 cm³/mol. The minimum Gasteiger partial charge on any atom is -0.325 e. The summed E-state index contributed by atoms with van der Waals surface area (Å²) in [4.78, 5) is 13.3. The van der Waals surface area contributed by atoms with Crippen LogP contribution in [0, 0.1) is 5.82 Å². The Morgan fingerprint density at radius 2 is 1.96 bits per heavy atom. The van der Waals surface area contributed by atoms with Crippen LogP contribution in [0.15, 0.2) is 53.9 Å². The molecule has 1 atom stereocenters. The van der Waals surface area contributed by atoms with Gasteiger partial charge in [-0.15, -0.1) is 11.3 Å². The number of carbonyl (C=O) groups excluding carboxylic acids is 1. The van der Waals surface area contributed by atoms with Crippen molar-refractivity contribution in [3.05, 3.63) is 75.2 Å². The van der Waals surface area contributed by atoms with Crippen LogP contribution in [0.25, 0.3) is 11.1 Å². The second-order valence-electron chi connectivity index (χ2n) is 5.76. The number of hydrogen-bond donors (Lipinski definition) is 1. The van der Waals surface area contributed by atoms with E-state index < -0.39 is 0 Å². The van der Waals surface area contributed by atoms with Gasteiger partial charge in [-0.05, 0) is 35.4 Å². The van der Waals surface area contributed by atoms with Gasteiger partial charge in [0.2, 0.25) is 5.91 Å². The van der Waals surface area contributed by atoms with Crippen LogP contribution < -0.4 is 5.32 Å². The Morgan fingerprint density at radius 3 is 2.71 bits per heavy atom. The van der Waals surface area contributed by atoms with E-state index in [1.54, 1.807) is 23.5 Å². The molecule has 0 aliphatic carbocycles. The smallest absolute Gasteiger partial charge is 0.225 e. The zero-order valence-corrected chi connectivity index (χ0v) is 14.1. The van der Waals surface area contributed by atoms with Gasteiger partial charge in [0.05, 0.1) is 5.69 Å². The van der Waals surface area contributed by atoms with Crippen LogP contribution in [0.1, 0.15) is 22.8 Å². The monoisotopic (exact) mass is 357 g/mol. The molecule has 0 saturated heterocycles. The van der Waals surface area contributed by atoms with Crippen molar-refractivity contribution >= 4 is 34.5 Å². The van der Waals surface area contributed by atoms with E-state index in [2.05, 4.69) is 5.32 Å². The molecule has 2 nitrogen and oxygen atoms in total. The van der Waals surface area contributed by atoms with Gasteiger partial charge in [0.1, 0.15) is 5.82 Å². The van der Waals surface area contributed by atoms with E-state index >= 15 is 0 Å². The van der Waals surface area contributed by atoms with Crippen molar-refractivity contribution in [3.8, 4) is 11.1 Å². The standard InChI is InChI=1S/C19H13ClFNOS/c20-13-3-1-2-12(8-13)15-9-17(23)22-18-16(10-24-19(15)18)11-4-6-14(21)7-5-11/h1-8,10,15H,9H2,(H,22,23). The number of amides is 1. The van der Waals surface area contributed by atoms with Crippen molar-refractivity contribution in [3.63, 3.8) is 0 Å². The van der Waals surface area contributed by atoms with E-state index in [1.165, 1.54) is 12.1 Å². The number of fused-ring (bicyclic) bond motifs is 1. The first-order valence-electron chi connectivity index (χ1n) is 7.54. The Morgan fingerprint density at radius 1 is 1.17 bits per heavy atom. The van der Waals surface area contributed by atoms with Gasteiger partial charge < -0.3 is 5.32 Å². The molecule has 0 spiro atoms. The highest BCUT2D eigenvalue weighted by Gasteiger charge is 2.30. The Balaban J connectivity index is 1.81. The summed E-state index contributed by atoms with van der Waals surface area (Å²) in [6, 6.07) is 13.9. The molecule has 1 N–H and O–H groups in total. The van der Waals surface area contributed by atoms with Crippen LogP contribution >= 0.6 is 22.9 Å². The van der Waals surface area contributed by atoms with E-state index in [4.69, 9.17) is 11.6 Å². The molecule has 1 aromatic heterocycles. The lowest BCUT2D eigenvalue weighted by Gasteiger charge is -2.24. The number of benzene rings is 2. The van der Waals surface area contributed by atoms with E-state index in [1.807, 2.05) is 29.6 Å². The zero-order valence-electron chi connectivity index (χ0n) is 12.6. The van der Waals surface area contributed by atoms with Gasteiger partial charge in [0, 0.05) is 33.2 Å². The third-order valence-corrected chi connectivity index (χ3v) is 5.53. The Kier molecular flexibility index (Phi) is 3.87. The van der Waals surface area contributed by atoms with Crippen molar-refractivity contribution in [2.24, 2.45) is 0 Å². The van der Waals surface area contributed by atoms with Crippen LogP contribution in [-0.4, -0.2) is 5.91 Å². The number of rotatable bonds is 2. The molecule has 1 aliphatic rings. The lowest BCUT2D eigenvalue weighted by atomic mass is 9.89. The van der Waals surface area contributed by atoms with Gasteiger partial charge in [-0.2, -0.15) is 0 Å². The molecule has 24 heavy (non-hydrogen) atoms. The van der Waals surface area contributed by atoms with Gasteiger partial charge in [-0.25, -0.2) is 4.39 Å². The minimum absolute atomic E-state index is 0.00773. The molecule has 0 fully saturated rings. The molecule has 0 bridgehead atoms. The average molecular weight is 358 g/mol. The maximum Gasteiger partial charge on any atom is 0.225 e. The minimum atomic E-state index is -0.274. The summed E-state index contributed by atoms with van der Waals surface area (Å²) in [6.07, 6.45) is 0.400. The van der Waals surface area contributed by atoms with E-state index in [0.717, 1.165) is 27.3 Å². The molecule has 2 heterocycles. The van der Waals surface area contributed by atoms with Gasteiger partial charge in [0.25, 0.3) is 0 Å². The summed E-state index contributed by atoms with van der Waals surface area (Å²) in [7, 11) is 0. The molecule has 0 saturated carbocycles. The van der Waals surface area contributed by atoms with Crippen LogP contribution in [0.4, 0.5) is 10.1 Å². The largest absolute Gasteiger partial charge is 0.325 e. The molecule has 0 radical (unpaired) electrons. The zero-order chi connectivity index (χ0) is 16.7. The second-order valence-corrected chi connectivity index (χ2v) is 7.10. The fourth-order valence-corrected chi connectivity index (χ4v) is 4.42. The molecule has 1 aliphatic heterocycles. The van der Waals surface area contributed by atoms with E-state index in [-0.39, 0.29) is 17.6 Å². The van der Waals surface area contributed by atoms with Gasteiger partial charge in [-0.3, -0.25) is 4.79 Å². The Hall–Kier alpha value is -2.17. The molecule has 2 aromatic carbocycles. The fourth-order valence-electron chi connectivity index (χ4n) is 3.06. The Bertz CT molecular complexity index is 919. The van der Waals surface area contributed by atoms with E-state index in [9.17, 15) is 9.18 Å². The maximum absolute atomic E-state index is 13.2. The van der Waals surface area contributed by atoms with Crippen molar-refractivity contribution in [1.29, 1.82) is 0 Å². The molecule has 4 rings (SSSR count). The van der Waals surface area contributed by atoms with Crippen molar-refractivity contribution < 1.29 is 9.18 Å². The first-order valence-corrected chi connectivity index (χ1v) is 8.80. The Labute approximate surface area is 147 Å². The molecule has 120 valence electrons. The number of nitrogens with one attached hydrogen (secondary N) is 1. The summed E-state index contributed by atoms with van der Waals surface area (Å²) in [5.74, 6) is -0.301. The third-order valence-electron chi connectivity index (χ3n) is 4.20. The average Bonchev–Trinajstić information content (AvgIpc) is 2.98. The first kappa shape index (κ1) is 15.4. The topological polar surface area (TPSA) is 29.1 Å². The number of carbonyl (C=O) groups is 1. The first-order chi connectivity index (χ1) is 11.6. The maximum atomic E-state index is 13.2. The molecule has 5 heteroatoms. The predicted octanol–water partition coefficient (Wildman–Crippen LogP) is 5.68. The summed E-state index contributed by atoms with van der Waals surface area (Å²) in [5, 5.41) is 5.66. The lowest BCUT2D eigenvalue weighted by Crippen LogP contribution is -2.22. The molecule has 1 unspecified atom stereocenters. The van der Waals surface area contributed by atoms with Crippen molar-refractivity contribution in [1.82, 2.24) is 0 Å². The highest BCUT2D eigenvalue weighted by atomic mass is 35.5. The normalized spacial score (nSPS) is 16.6. The van der Waals surface area contributed by atoms with Crippen molar-refractivity contribution in [2.45, 2.75) is 12.3 Å². The van der Waals surface area contributed by atoms with Crippen LogP contribution in [0.5, 0.6) is 0 Å². The summed E-state index contributed by atoms with van der Waals surface area (Å²) in [6.45, 7) is 0. The molecule has 1 amide bonds. The summed E-state index contributed by atoms with van der Waals surface area (Å²) in [5.41, 5.74) is 3.68. The number of hydrogen-bond acceptors (Lipinski definition) is 2. The SMILES string of the molecule is O=C1CC(c2cccc(Cl)c2)c2scc(-c3ccc(F)cc3)c2N1. The summed E-state index contributed by atoms with van der Waals surface area (Å²) >= 11 is 7.72. The van der Waals surface area contributed by atoms with Gasteiger partial charge in [0.15, 0.2) is 0 Å². The highest BCUT2D eigenvalue weighted by Crippen LogP contribution is 2.46. The van der Waals surface area contributed by atoms with Crippen LogP contribution in [0.3, 0.4) is 0 Å². The quantitative estimate of drug-likeness (QED) is 0.628. The number of thiophene rings is 1. The van der Waals surface area contributed by atoms with Gasteiger partial charge >= 0.3 is 0 Å². The molecule has 3 aromatic rings. The highest BCUT2D eigenvalue weighted by molar-refractivity contribution is 7.11.